The van der Waals surface area contributed by atoms with Crippen molar-refractivity contribution in [3.63, 3.8) is 0 Å². The molecule has 5 heteroatoms. The highest BCUT2D eigenvalue weighted by atomic mass is 35.5. The quantitative estimate of drug-likeness (QED) is 0.836. The molecule has 0 N–H and O–H groups in total. The first kappa shape index (κ1) is 13.1. The molecular weight excluding hydrogens is 247 g/mol. The summed E-state index contributed by atoms with van der Waals surface area (Å²) < 4.78 is 5.04. The van der Waals surface area contributed by atoms with Crippen molar-refractivity contribution in [2.75, 3.05) is 21.2 Å². The molecule has 1 unspecified atom stereocenters. The van der Waals surface area contributed by atoms with Crippen LogP contribution in [0.3, 0.4) is 0 Å². The molecule has 0 aliphatic carbocycles. The van der Waals surface area contributed by atoms with Crippen LogP contribution in [0.5, 0.6) is 5.75 Å². The van der Waals surface area contributed by atoms with Crippen LogP contribution in [0.2, 0.25) is 10.0 Å². The predicted octanol–water partition coefficient (Wildman–Crippen LogP) is 3.13. The van der Waals surface area contributed by atoms with E-state index in [0.717, 1.165) is 0 Å². The number of hydrogen-bond donors (Lipinski definition) is 0. The number of halogens is 2. The highest BCUT2D eigenvalue weighted by Gasteiger charge is 2.19. The van der Waals surface area contributed by atoms with E-state index in [-0.39, 0.29) is 0 Å². The SMILES string of the molecule is COc1ccc(C(C#N)N(C)C)c(Cl)c1Cl. The Hall–Kier alpha value is -0.950. The third kappa shape index (κ3) is 2.41. The Labute approximate surface area is 105 Å². The van der Waals surface area contributed by atoms with Gasteiger partial charge in [-0.05, 0) is 20.2 Å². The van der Waals surface area contributed by atoms with Crippen molar-refractivity contribution in [3.8, 4) is 11.8 Å². The molecule has 0 aliphatic rings. The lowest BCUT2D eigenvalue weighted by Crippen LogP contribution is -2.18. The number of methoxy groups -OCH3 is 1. The fourth-order valence-electron chi connectivity index (χ4n) is 1.38. The predicted molar refractivity (Wildman–Crippen MR) is 65.1 cm³/mol. The molecule has 0 saturated heterocycles. The summed E-state index contributed by atoms with van der Waals surface area (Å²) in [6.07, 6.45) is 0. The van der Waals surface area contributed by atoms with E-state index in [1.165, 1.54) is 7.11 Å². The Morgan fingerprint density at radius 2 is 1.94 bits per heavy atom. The molecule has 0 spiro atoms. The van der Waals surface area contributed by atoms with Gasteiger partial charge in [0.05, 0.1) is 18.2 Å². The van der Waals surface area contributed by atoms with Gasteiger partial charge in [-0.1, -0.05) is 29.3 Å². The van der Waals surface area contributed by atoms with E-state index >= 15 is 0 Å². The lowest BCUT2D eigenvalue weighted by molar-refractivity contribution is 0.357. The third-order valence-electron chi connectivity index (χ3n) is 2.23. The normalized spacial score (nSPS) is 12.3. The summed E-state index contributed by atoms with van der Waals surface area (Å²) in [5, 5.41) is 9.77. The fraction of sp³-hybridized carbons (Fsp3) is 0.364. The van der Waals surface area contributed by atoms with Gasteiger partial charge in [0, 0.05) is 5.56 Å². The number of ether oxygens (including phenoxy) is 1. The Kier molecular flexibility index (Phi) is 4.43. The van der Waals surface area contributed by atoms with Gasteiger partial charge in [0.25, 0.3) is 0 Å². The van der Waals surface area contributed by atoms with Gasteiger partial charge in [-0.15, -0.1) is 0 Å². The maximum absolute atomic E-state index is 9.07. The zero-order valence-electron chi connectivity index (χ0n) is 9.29. The fourth-order valence-corrected chi connectivity index (χ4v) is 1.89. The van der Waals surface area contributed by atoms with Crippen molar-refractivity contribution in [3.05, 3.63) is 27.7 Å². The molecule has 0 amide bonds. The zero-order chi connectivity index (χ0) is 12.3. The van der Waals surface area contributed by atoms with E-state index in [1.807, 2.05) is 14.1 Å². The topological polar surface area (TPSA) is 36.3 Å². The molecule has 0 heterocycles. The van der Waals surface area contributed by atoms with E-state index in [4.69, 9.17) is 33.2 Å². The molecular formula is C11H12Cl2N2O. The number of nitriles is 1. The maximum Gasteiger partial charge on any atom is 0.139 e. The highest BCUT2D eigenvalue weighted by Crippen LogP contribution is 2.37. The smallest absolute Gasteiger partial charge is 0.139 e. The molecule has 1 aromatic carbocycles. The van der Waals surface area contributed by atoms with Crippen LogP contribution >= 0.6 is 23.2 Å². The van der Waals surface area contributed by atoms with Crippen molar-refractivity contribution < 1.29 is 4.74 Å². The number of benzene rings is 1. The van der Waals surface area contributed by atoms with Crippen LogP contribution in [-0.2, 0) is 0 Å². The Bertz CT molecular complexity index is 427. The van der Waals surface area contributed by atoms with Gasteiger partial charge in [-0.2, -0.15) is 5.26 Å². The third-order valence-corrected chi connectivity index (χ3v) is 3.11. The summed E-state index contributed by atoms with van der Waals surface area (Å²) in [5.41, 5.74) is 0.681. The minimum absolute atomic E-state index is 0.337. The van der Waals surface area contributed by atoms with E-state index in [0.29, 0.717) is 21.4 Å². The minimum atomic E-state index is -0.420. The van der Waals surface area contributed by atoms with Crippen molar-refractivity contribution in [1.29, 1.82) is 5.26 Å². The Morgan fingerprint density at radius 1 is 1.31 bits per heavy atom. The molecule has 16 heavy (non-hydrogen) atoms. The van der Waals surface area contributed by atoms with Crippen LogP contribution in [0.1, 0.15) is 11.6 Å². The largest absolute Gasteiger partial charge is 0.495 e. The number of hydrogen-bond acceptors (Lipinski definition) is 3. The number of rotatable bonds is 3. The van der Waals surface area contributed by atoms with Crippen LogP contribution in [0.25, 0.3) is 0 Å². The Morgan fingerprint density at radius 3 is 2.38 bits per heavy atom. The summed E-state index contributed by atoms with van der Waals surface area (Å²) in [6.45, 7) is 0. The first-order valence-electron chi connectivity index (χ1n) is 4.60. The average molecular weight is 259 g/mol. The van der Waals surface area contributed by atoms with Crippen molar-refractivity contribution in [2.45, 2.75) is 6.04 Å². The molecule has 0 fully saturated rings. The molecule has 3 nitrogen and oxygen atoms in total. The Balaban J connectivity index is 3.27. The van der Waals surface area contributed by atoms with Gasteiger partial charge < -0.3 is 4.74 Å². The summed E-state index contributed by atoms with van der Waals surface area (Å²) in [7, 11) is 5.13. The van der Waals surface area contributed by atoms with Gasteiger partial charge in [0.15, 0.2) is 0 Å². The summed E-state index contributed by atoms with van der Waals surface area (Å²) in [5.74, 6) is 0.505. The summed E-state index contributed by atoms with van der Waals surface area (Å²) >= 11 is 12.1. The van der Waals surface area contributed by atoms with E-state index in [1.54, 1.807) is 17.0 Å². The monoisotopic (exact) mass is 258 g/mol. The maximum atomic E-state index is 9.07. The first-order chi connectivity index (χ1) is 7.52. The van der Waals surface area contributed by atoms with E-state index in [9.17, 15) is 0 Å². The highest BCUT2D eigenvalue weighted by molar-refractivity contribution is 6.43. The average Bonchev–Trinajstić information content (AvgIpc) is 2.25. The summed E-state index contributed by atoms with van der Waals surface area (Å²) in [4.78, 5) is 1.77. The van der Waals surface area contributed by atoms with E-state index < -0.39 is 6.04 Å². The lowest BCUT2D eigenvalue weighted by atomic mass is 10.1. The molecule has 0 radical (unpaired) electrons. The second-order valence-corrected chi connectivity index (χ2v) is 4.24. The molecule has 1 aromatic rings. The molecule has 0 aromatic heterocycles. The molecule has 0 saturated carbocycles. The molecule has 1 atom stereocenters. The number of nitrogens with zero attached hydrogens (tertiary/aromatic N) is 2. The van der Waals surface area contributed by atoms with Crippen LogP contribution in [-0.4, -0.2) is 26.1 Å². The zero-order valence-corrected chi connectivity index (χ0v) is 10.8. The van der Waals surface area contributed by atoms with Crippen molar-refractivity contribution in [1.82, 2.24) is 4.90 Å². The second kappa shape index (κ2) is 5.40. The van der Waals surface area contributed by atoms with Gasteiger partial charge in [-0.25, -0.2) is 0 Å². The van der Waals surface area contributed by atoms with Crippen LogP contribution in [0.15, 0.2) is 12.1 Å². The van der Waals surface area contributed by atoms with Gasteiger partial charge in [-0.3, -0.25) is 4.90 Å². The van der Waals surface area contributed by atoms with Gasteiger partial charge in [0.2, 0.25) is 0 Å². The van der Waals surface area contributed by atoms with Gasteiger partial charge in [0.1, 0.15) is 16.8 Å². The van der Waals surface area contributed by atoms with E-state index in [2.05, 4.69) is 6.07 Å². The van der Waals surface area contributed by atoms with Crippen LogP contribution in [0.4, 0.5) is 0 Å². The molecule has 0 bridgehead atoms. The molecule has 0 aliphatic heterocycles. The summed E-state index contributed by atoms with van der Waals surface area (Å²) in [6, 6.07) is 5.20. The van der Waals surface area contributed by atoms with Crippen LogP contribution < -0.4 is 4.74 Å². The molecule has 1 rings (SSSR count). The second-order valence-electron chi connectivity index (χ2n) is 3.48. The molecule has 86 valence electrons. The van der Waals surface area contributed by atoms with Crippen LogP contribution in [0, 0.1) is 11.3 Å². The lowest BCUT2D eigenvalue weighted by Gasteiger charge is -2.19. The van der Waals surface area contributed by atoms with Crippen molar-refractivity contribution >= 4 is 23.2 Å². The minimum Gasteiger partial charge on any atom is -0.495 e. The first-order valence-corrected chi connectivity index (χ1v) is 5.36. The van der Waals surface area contributed by atoms with Gasteiger partial charge >= 0.3 is 0 Å². The van der Waals surface area contributed by atoms with Crippen molar-refractivity contribution in [2.24, 2.45) is 0 Å². The standard InChI is InChI=1S/C11H12Cl2N2O/c1-15(2)8(6-14)7-4-5-9(16-3)11(13)10(7)12/h4-5,8H,1-3H3.